The highest BCUT2D eigenvalue weighted by Crippen LogP contribution is 2.28. The molecule has 0 unspecified atom stereocenters. The van der Waals surface area contributed by atoms with Crippen molar-refractivity contribution in [1.29, 1.82) is 0 Å². The van der Waals surface area contributed by atoms with E-state index >= 15 is 0 Å². The number of methoxy groups -OCH3 is 2. The van der Waals surface area contributed by atoms with Crippen molar-refractivity contribution >= 4 is 17.6 Å². The number of carbonyl (C=O) groups excluding carboxylic acids is 2. The summed E-state index contributed by atoms with van der Waals surface area (Å²) in [5.74, 6) is 1.10. The molecule has 3 aromatic rings. The van der Waals surface area contributed by atoms with Crippen LogP contribution >= 0.6 is 0 Å². The van der Waals surface area contributed by atoms with E-state index in [1.165, 1.54) is 7.11 Å². The number of ether oxygens (including phenoxy) is 2. The molecule has 198 valence electrons. The average Bonchev–Trinajstić information content (AvgIpc) is 3.26. The number of carbonyl (C=O) groups is 2. The third-order valence-corrected chi connectivity index (χ3v) is 5.84. The van der Waals surface area contributed by atoms with Crippen LogP contribution in [0, 0.1) is 12.8 Å². The fourth-order valence-electron chi connectivity index (χ4n) is 3.95. The lowest BCUT2D eigenvalue weighted by atomic mass is 9.92. The third-order valence-electron chi connectivity index (χ3n) is 5.84. The van der Waals surface area contributed by atoms with Gasteiger partial charge in [0.25, 0.3) is 5.91 Å². The van der Waals surface area contributed by atoms with Gasteiger partial charge in [-0.3, -0.25) is 9.59 Å². The van der Waals surface area contributed by atoms with E-state index in [-0.39, 0.29) is 29.7 Å². The maximum atomic E-state index is 13.5. The van der Waals surface area contributed by atoms with Crippen molar-refractivity contribution in [3.8, 4) is 17.2 Å². The van der Waals surface area contributed by atoms with E-state index in [1.807, 2.05) is 51.1 Å². The smallest absolute Gasteiger partial charge is 0.258 e. The van der Waals surface area contributed by atoms with Crippen molar-refractivity contribution in [2.24, 2.45) is 5.92 Å². The van der Waals surface area contributed by atoms with Gasteiger partial charge in [-0.15, -0.1) is 0 Å². The van der Waals surface area contributed by atoms with Gasteiger partial charge in [-0.05, 0) is 42.7 Å². The van der Waals surface area contributed by atoms with Gasteiger partial charge in [0.2, 0.25) is 5.91 Å². The number of aryl methyl sites for hydroxylation is 1. The van der Waals surface area contributed by atoms with Gasteiger partial charge in [-0.1, -0.05) is 46.8 Å². The number of aromatic nitrogens is 2. The maximum absolute atomic E-state index is 13.5. The van der Waals surface area contributed by atoms with Crippen LogP contribution in [-0.2, 0) is 10.2 Å². The van der Waals surface area contributed by atoms with E-state index in [0.29, 0.717) is 29.4 Å². The molecule has 1 heterocycles. The molecule has 0 radical (unpaired) electrons. The first-order valence-electron chi connectivity index (χ1n) is 12.4. The SMILES string of the molecule is COc1ccc(C(=O)N(CC(=O)Nc2cc(C(C)(C)C)nn2-c2cccc(C)c2)CC(C)C)c(OC)c1. The van der Waals surface area contributed by atoms with Gasteiger partial charge in [-0.2, -0.15) is 5.10 Å². The van der Waals surface area contributed by atoms with Crippen molar-refractivity contribution < 1.29 is 19.1 Å². The number of nitrogens with one attached hydrogen (secondary N) is 1. The van der Waals surface area contributed by atoms with E-state index in [4.69, 9.17) is 14.6 Å². The first kappa shape index (κ1) is 27.8. The summed E-state index contributed by atoms with van der Waals surface area (Å²) >= 11 is 0. The van der Waals surface area contributed by atoms with E-state index < -0.39 is 0 Å². The first-order chi connectivity index (χ1) is 17.4. The molecular formula is C29H38N4O4. The Morgan fingerprint density at radius 1 is 1.05 bits per heavy atom. The van der Waals surface area contributed by atoms with Crippen molar-refractivity contribution in [3.05, 3.63) is 65.4 Å². The molecule has 8 heteroatoms. The Morgan fingerprint density at radius 3 is 2.38 bits per heavy atom. The normalized spacial score (nSPS) is 11.4. The molecule has 1 aromatic heterocycles. The molecule has 0 fully saturated rings. The number of rotatable bonds is 9. The molecule has 0 aliphatic carbocycles. The molecule has 0 aliphatic rings. The quantitative estimate of drug-likeness (QED) is 0.429. The second-order valence-corrected chi connectivity index (χ2v) is 10.6. The Hall–Kier alpha value is -3.81. The highest BCUT2D eigenvalue weighted by atomic mass is 16.5. The number of amides is 2. The van der Waals surface area contributed by atoms with E-state index in [2.05, 4.69) is 26.1 Å². The standard InChI is InChI=1S/C29H38N4O4/c1-19(2)17-32(28(35)23-13-12-22(36-7)15-24(23)37-8)18-27(34)30-26-16-25(29(4,5)6)31-33(26)21-11-9-10-20(3)14-21/h9-16,19H,17-18H2,1-8H3,(H,30,34). The Balaban J connectivity index is 1.90. The number of nitrogens with zero attached hydrogens (tertiary/aromatic N) is 3. The largest absolute Gasteiger partial charge is 0.497 e. The van der Waals surface area contributed by atoms with Gasteiger partial charge in [0.05, 0.1) is 31.2 Å². The van der Waals surface area contributed by atoms with Crippen molar-refractivity contribution in [1.82, 2.24) is 14.7 Å². The van der Waals surface area contributed by atoms with Crippen LogP contribution in [0.3, 0.4) is 0 Å². The molecule has 0 saturated heterocycles. The predicted octanol–water partition coefficient (Wildman–Crippen LogP) is 5.23. The molecule has 0 aliphatic heterocycles. The van der Waals surface area contributed by atoms with Crippen LogP contribution in [0.5, 0.6) is 11.5 Å². The molecule has 1 N–H and O–H groups in total. The zero-order valence-corrected chi connectivity index (χ0v) is 23.1. The summed E-state index contributed by atoms with van der Waals surface area (Å²) in [6.45, 7) is 12.5. The summed E-state index contributed by atoms with van der Waals surface area (Å²) < 4.78 is 12.4. The van der Waals surface area contributed by atoms with Crippen molar-refractivity contribution in [3.63, 3.8) is 0 Å². The molecule has 37 heavy (non-hydrogen) atoms. The van der Waals surface area contributed by atoms with Gasteiger partial charge < -0.3 is 19.7 Å². The van der Waals surface area contributed by atoms with Crippen LogP contribution in [0.1, 0.15) is 56.2 Å². The summed E-state index contributed by atoms with van der Waals surface area (Å²) in [5, 5.41) is 7.78. The second kappa shape index (κ2) is 11.5. The van der Waals surface area contributed by atoms with Crippen LogP contribution in [0.2, 0.25) is 0 Å². The highest BCUT2D eigenvalue weighted by Gasteiger charge is 2.25. The molecule has 8 nitrogen and oxygen atoms in total. The first-order valence-corrected chi connectivity index (χ1v) is 12.4. The van der Waals surface area contributed by atoms with Gasteiger partial charge in [0.1, 0.15) is 23.9 Å². The molecule has 0 spiro atoms. The Labute approximate surface area is 219 Å². The zero-order chi connectivity index (χ0) is 27.3. The predicted molar refractivity (Wildman–Crippen MR) is 146 cm³/mol. The summed E-state index contributed by atoms with van der Waals surface area (Å²) in [6, 6.07) is 14.9. The average molecular weight is 507 g/mol. The fraction of sp³-hybridized carbons (Fsp3) is 0.414. The lowest BCUT2D eigenvalue weighted by Crippen LogP contribution is -2.40. The van der Waals surface area contributed by atoms with Gasteiger partial charge in [-0.25, -0.2) is 4.68 Å². The van der Waals surface area contributed by atoms with Crippen LogP contribution in [0.15, 0.2) is 48.5 Å². The minimum absolute atomic E-state index is 0.115. The zero-order valence-electron chi connectivity index (χ0n) is 23.1. The van der Waals surface area contributed by atoms with Gasteiger partial charge >= 0.3 is 0 Å². The van der Waals surface area contributed by atoms with Gasteiger partial charge in [0, 0.05) is 24.1 Å². The highest BCUT2D eigenvalue weighted by molar-refractivity contribution is 6.01. The summed E-state index contributed by atoms with van der Waals surface area (Å²) in [6.07, 6.45) is 0. The Morgan fingerprint density at radius 2 is 1.78 bits per heavy atom. The third kappa shape index (κ3) is 6.90. The minimum Gasteiger partial charge on any atom is -0.497 e. The number of hydrogen-bond acceptors (Lipinski definition) is 5. The topological polar surface area (TPSA) is 85.7 Å². The fourth-order valence-corrected chi connectivity index (χ4v) is 3.95. The molecule has 2 aromatic carbocycles. The maximum Gasteiger partial charge on any atom is 0.258 e. The minimum atomic E-state index is -0.309. The van der Waals surface area contributed by atoms with Crippen LogP contribution in [0.4, 0.5) is 5.82 Å². The molecular weight excluding hydrogens is 468 g/mol. The summed E-state index contributed by atoms with van der Waals surface area (Å²) in [7, 11) is 3.06. The Bertz CT molecular complexity index is 1260. The Kier molecular flexibility index (Phi) is 8.63. The van der Waals surface area contributed by atoms with E-state index in [9.17, 15) is 9.59 Å². The van der Waals surface area contributed by atoms with Crippen molar-refractivity contribution in [2.45, 2.75) is 47.0 Å². The lowest BCUT2D eigenvalue weighted by Gasteiger charge is -2.25. The number of anilines is 1. The number of hydrogen-bond donors (Lipinski definition) is 1. The molecule has 3 rings (SSSR count). The van der Waals surface area contributed by atoms with E-state index in [0.717, 1.165) is 16.9 Å². The van der Waals surface area contributed by atoms with Crippen molar-refractivity contribution in [2.75, 3.05) is 32.6 Å². The molecule has 0 atom stereocenters. The van der Waals surface area contributed by atoms with Gasteiger partial charge in [0.15, 0.2) is 0 Å². The second-order valence-electron chi connectivity index (χ2n) is 10.6. The molecule has 2 amide bonds. The van der Waals surface area contributed by atoms with Crippen LogP contribution < -0.4 is 14.8 Å². The lowest BCUT2D eigenvalue weighted by molar-refractivity contribution is -0.117. The summed E-state index contributed by atoms with van der Waals surface area (Å²) in [5.41, 5.74) is 2.95. The molecule has 0 bridgehead atoms. The van der Waals surface area contributed by atoms with E-state index in [1.54, 1.807) is 34.9 Å². The monoisotopic (exact) mass is 506 g/mol. The summed E-state index contributed by atoms with van der Waals surface area (Å²) in [4.78, 5) is 28.4. The molecule has 0 saturated carbocycles. The van der Waals surface area contributed by atoms with Crippen LogP contribution in [0.25, 0.3) is 5.69 Å². The van der Waals surface area contributed by atoms with Crippen LogP contribution in [-0.4, -0.2) is 53.8 Å². The number of benzene rings is 2.